The Kier molecular flexibility index (Phi) is 4.64. The van der Waals surface area contributed by atoms with Crippen LogP contribution in [0, 0.1) is 0 Å². The second-order valence-corrected chi connectivity index (χ2v) is 4.94. The molecule has 94 valence electrons. The van der Waals surface area contributed by atoms with Gasteiger partial charge in [0.15, 0.2) is 16.7 Å². The number of hydrogen-bond acceptors (Lipinski definition) is 6. The smallest absolute Gasteiger partial charge is 0.323 e. The molecule has 0 spiro atoms. The van der Waals surface area contributed by atoms with Gasteiger partial charge in [0.1, 0.15) is 0 Å². The van der Waals surface area contributed by atoms with E-state index >= 15 is 0 Å². The minimum atomic E-state index is -3.89. The number of nitrogens with zero attached hydrogens (tertiary/aromatic N) is 2. The third kappa shape index (κ3) is 4.53. The summed E-state index contributed by atoms with van der Waals surface area (Å²) in [7, 11) is -3.89. The third-order valence-electron chi connectivity index (χ3n) is 1.52. The molecule has 0 saturated carbocycles. The van der Waals surface area contributed by atoms with Gasteiger partial charge in [-0.3, -0.25) is 9.52 Å². The average molecular weight is 280 g/mol. The van der Waals surface area contributed by atoms with Crippen molar-refractivity contribution >= 4 is 33.4 Å². The van der Waals surface area contributed by atoms with Crippen LogP contribution in [0.25, 0.3) is 0 Å². The lowest BCUT2D eigenvalue weighted by Crippen LogP contribution is -2.25. The molecule has 9 heteroatoms. The molecule has 1 aromatic rings. The Morgan fingerprint density at radius 1 is 1.47 bits per heavy atom. The molecule has 1 rings (SSSR count). The van der Waals surface area contributed by atoms with Crippen LogP contribution in [0.1, 0.15) is 6.92 Å². The fraction of sp³-hybridized carbons (Fsp3) is 0.375. The van der Waals surface area contributed by atoms with Gasteiger partial charge in [0.05, 0.1) is 6.61 Å². The van der Waals surface area contributed by atoms with Gasteiger partial charge < -0.3 is 4.74 Å². The standard InChI is InChI=1S/C8H10ClN3O4S/c1-2-16-6(13)5-17(14,15)12-8-7(9)10-3-4-11-8/h3-4H,2,5H2,1H3,(H,11,12). The van der Waals surface area contributed by atoms with Gasteiger partial charge in [0, 0.05) is 12.4 Å². The van der Waals surface area contributed by atoms with Gasteiger partial charge >= 0.3 is 5.97 Å². The minimum absolute atomic E-state index is 0.0973. The molecule has 0 aliphatic rings. The van der Waals surface area contributed by atoms with Gasteiger partial charge in [-0.2, -0.15) is 0 Å². The van der Waals surface area contributed by atoms with Gasteiger partial charge in [-0.25, -0.2) is 18.4 Å². The van der Waals surface area contributed by atoms with E-state index in [0.29, 0.717) is 0 Å². The summed E-state index contributed by atoms with van der Waals surface area (Å²) in [5, 5.41) is -0.0973. The van der Waals surface area contributed by atoms with Crippen molar-refractivity contribution in [2.24, 2.45) is 0 Å². The van der Waals surface area contributed by atoms with Crippen molar-refractivity contribution in [1.29, 1.82) is 0 Å². The van der Waals surface area contributed by atoms with Gasteiger partial charge in [-0.15, -0.1) is 0 Å². The molecular formula is C8H10ClN3O4S. The molecule has 1 N–H and O–H groups in total. The second-order valence-electron chi connectivity index (χ2n) is 2.86. The van der Waals surface area contributed by atoms with E-state index in [1.54, 1.807) is 6.92 Å². The number of esters is 1. The zero-order valence-electron chi connectivity index (χ0n) is 8.88. The average Bonchev–Trinajstić information content (AvgIpc) is 2.20. The quantitative estimate of drug-likeness (QED) is 0.785. The van der Waals surface area contributed by atoms with Crippen molar-refractivity contribution < 1.29 is 17.9 Å². The largest absolute Gasteiger partial charge is 0.465 e. The van der Waals surface area contributed by atoms with Crippen LogP contribution in [-0.2, 0) is 19.6 Å². The Labute approximate surface area is 103 Å². The fourth-order valence-corrected chi connectivity index (χ4v) is 2.05. The summed E-state index contributed by atoms with van der Waals surface area (Å²) in [5.74, 6) is -1.77. The number of ether oxygens (including phenoxy) is 1. The molecule has 0 saturated heterocycles. The van der Waals surface area contributed by atoms with Gasteiger partial charge in [0.2, 0.25) is 10.0 Å². The Morgan fingerprint density at radius 3 is 2.71 bits per heavy atom. The molecule has 0 unspecified atom stereocenters. The van der Waals surface area contributed by atoms with Crippen LogP contribution in [0.2, 0.25) is 5.15 Å². The maximum atomic E-state index is 11.5. The first kappa shape index (κ1) is 13.7. The van der Waals surface area contributed by atoms with Crippen molar-refractivity contribution in [1.82, 2.24) is 9.97 Å². The molecule has 1 heterocycles. The maximum Gasteiger partial charge on any atom is 0.323 e. The minimum Gasteiger partial charge on any atom is -0.465 e. The van der Waals surface area contributed by atoms with Crippen LogP contribution < -0.4 is 4.72 Å². The molecule has 17 heavy (non-hydrogen) atoms. The lowest BCUT2D eigenvalue weighted by molar-refractivity contribution is -0.139. The van der Waals surface area contributed by atoms with Crippen LogP contribution in [0.5, 0.6) is 0 Å². The van der Waals surface area contributed by atoms with E-state index in [9.17, 15) is 13.2 Å². The second kappa shape index (κ2) is 5.78. The van der Waals surface area contributed by atoms with Crippen LogP contribution in [0.3, 0.4) is 0 Å². The van der Waals surface area contributed by atoms with E-state index in [1.807, 2.05) is 4.72 Å². The van der Waals surface area contributed by atoms with Crippen LogP contribution in [-0.4, -0.2) is 36.7 Å². The Balaban J connectivity index is 2.74. The monoisotopic (exact) mass is 279 g/mol. The summed E-state index contributed by atoms with van der Waals surface area (Å²) < 4.78 is 29.6. The zero-order valence-corrected chi connectivity index (χ0v) is 10.5. The Bertz CT molecular complexity index is 505. The number of carbonyl (C=O) groups excluding carboxylic acids is 1. The number of halogens is 1. The lowest BCUT2D eigenvalue weighted by atomic mass is 10.7. The summed E-state index contributed by atoms with van der Waals surface area (Å²) in [6, 6.07) is 0. The van der Waals surface area contributed by atoms with Crippen LogP contribution >= 0.6 is 11.6 Å². The van der Waals surface area contributed by atoms with Crippen molar-refractivity contribution in [2.75, 3.05) is 17.1 Å². The molecule has 0 aromatic carbocycles. The lowest BCUT2D eigenvalue weighted by Gasteiger charge is -2.07. The predicted octanol–water partition coefficient (Wildman–Crippen LogP) is 0.435. The van der Waals surface area contributed by atoms with E-state index in [4.69, 9.17) is 11.6 Å². The van der Waals surface area contributed by atoms with E-state index in [1.165, 1.54) is 12.4 Å². The molecule has 1 aromatic heterocycles. The Morgan fingerprint density at radius 2 is 2.12 bits per heavy atom. The van der Waals surface area contributed by atoms with Gasteiger partial charge in [-0.1, -0.05) is 11.6 Å². The van der Waals surface area contributed by atoms with E-state index in [-0.39, 0.29) is 17.6 Å². The highest BCUT2D eigenvalue weighted by Gasteiger charge is 2.19. The zero-order chi connectivity index (χ0) is 12.9. The summed E-state index contributed by atoms with van der Waals surface area (Å²) >= 11 is 5.61. The van der Waals surface area contributed by atoms with Crippen molar-refractivity contribution in [3.63, 3.8) is 0 Å². The van der Waals surface area contributed by atoms with E-state index in [2.05, 4.69) is 14.7 Å². The van der Waals surface area contributed by atoms with Gasteiger partial charge in [-0.05, 0) is 6.92 Å². The number of sulfonamides is 1. The number of hydrogen-bond donors (Lipinski definition) is 1. The highest BCUT2D eigenvalue weighted by atomic mass is 35.5. The molecule has 0 fully saturated rings. The molecule has 0 aliphatic heterocycles. The highest BCUT2D eigenvalue weighted by molar-refractivity contribution is 7.93. The third-order valence-corrected chi connectivity index (χ3v) is 2.92. The molecule has 7 nitrogen and oxygen atoms in total. The van der Waals surface area contributed by atoms with Crippen molar-refractivity contribution in [2.45, 2.75) is 6.92 Å². The maximum absolute atomic E-state index is 11.5. The summed E-state index contributed by atoms with van der Waals surface area (Å²) in [6.07, 6.45) is 2.58. The first-order valence-electron chi connectivity index (χ1n) is 4.57. The highest BCUT2D eigenvalue weighted by Crippen LogP contribution is 2.15. The van der Waals surface area contributed by atoms with Crippen LogP contribution in [0.15, 0.2) is 12.4 Å². The molecular weight excluding hydrogens is 270 g/mol. The van der Waals surface area contributed by atoms with Crippen LogP contribution in [0.4, 0.5) is 5.82 Å². The van der Waals surface area contributed by atoms with Crippen molar-refractivity contribution in [3.8, 4) is 0 Å². The topological polar surface area (TPSA) is 98.2 Å². The number of rotatable bonds is 5. The fourth-order valence-electron chi connectivity index (χ4n) is 0.931. The summed E-state index contributed by atoms with van der Waals surface area (Å²) in [5.41, 5.74) is 0. The Hall–Kier alpha value is -1.41. The van der Waals surface area contributed by atoms with E-state index in [0.717, 1.165) is 0 Å². The molecule has 0 radical (unpaired) electrons. The molecule has 0 amide bonds. The number of carbonyl (C=O) groups is 1. The van der Waals surface area contributed by atoms with Crippen molar-refractivity contribution in [3.05, 3.63) is 17.5 Å². The molecule has 0 atom stereocenters. The summed E-state index contributed by atoms with van der Waals surface area (Å²) in [4.78, 5) is 18.3. The number of anilines is 1. The van der Waals surface area contributed by atoms with E-state index < -0.39 is 21.7 Å². The first-order valence-corrected chi connectivity index (χ1v) is 6.60. The predicted molar refractivity (Wildman–Crippen MR) is 61.1 cm³/mol. The number of nitrogens with one attached hydrogen (secondary N) is 1. The normalized spacial score (nSPS) is 10.9. The first-order chi connectivity index (χ1) is 7.94. The molecule has 0 bridgehead atoms. The molecule has 0 aliphatic carbocycles. The SMILES string of the molecule is CCOC(=O)CS(=O)(=O)Nc1nccnc1Cl. The summed E-state index contributed by atoms with van der Waals surface area (Å²) in [6.45, 7) is 1.69. The number of aromatic nitrogens is 2. The van der Waals surface area contributed by atoms with Gasteiger partial charge in [0.25, 0.3) is 0 Å².